The molecule has 3 aliphatic rings. The minimum Gasteiger partial charge on any atom is -0.291 e. The van der Waals surface area contributed by atoms with E-state index in [1.165, 1.54) is 29.2 Å². The molecule has 228 valence electrons. The number of carbonyl (C=O) groups is 1. The number of hydrogen-bond donors (Lipinski definition) is 0. The maximum atomic E-state index is 14.7. The first-order chi connectivity index (χ1) is 21.1. The Kier molecular flexibility index (Phi) is 6.93. The van der Waals surface area contributed by atoms with Crippen molar-refractivity contribution in [2.75, 3.05) is 0 Å². The molecule has 1 aromatic carbocycles. The Labute approximate surface area is 256 Å². The number of aromatic nitrogens is 5. The summed E-state index contributed by atoms with van der Waals surface area (Å²) in [6, 6.07) is 9.25. The second-order valence-electron chi connectivity index (χ2n) is 12.6. The number of allylic oxidation sites excluding steroid dienone is 1. The number of Topliss-reactive ketones (excluding diaryl/α,β-unsaturated/α-hetero) is 1. The summed E-state index contributed by atoms with van der Waals surface area (Å²) in [6.07, 6.45) is 12.6. The largest absolute Gasteiger partial charge is 0.291 e. The third kappa shape index (κ3) is 4.82. The minimum absolute atomic E-state index is 0.0986. The SMILES string of the molecule is CC(C)N([C@H]1CCC2=Cc3c(cnn3-c3ccc(F)cc3)C[C@]2(C(=O)c2ccc(C3CC3)cn2)C1)S(=O)(=O)c1cnn(C)c1. The predicted molar refractivity (Wildman–Crippen MR) is 163 cm³/mol. The zero-order valence-corrected chi connectivity index (χ0v) is 25.8. The number of hydrogen-bond acceptors (Lipinski definition) is 6. The van der Waals surface area contributed by atoms with Crippen LogP contribution in [0.2, 0.25) is 0 Å². The van der Waals surface area contributed by atoms with Crippen LogP contribution in [0.1, 0.15) is 79.2 Å². The third-order valence-electron chi connectivity index (χ3n) is 9.33. The van der Waals surface area contributed by atoms with Gasteiger partial charge in [0.2, 0.25) is 10.0 Å². The summed E-state index contributed by atoms with van der Waals surface area (Å²) in [7, 11) is -2.19. The first-order valence-corrected chi connectivity index (χ1v) is 16.6. The van der Waals surface area contributed by atoms with E-state index in [1.807, 2.05) is 38.3 Å². The van der Waals surface area contributed by atoms with Crippen LogP contribution in [0.15, 0.2) is 71.7 Å². The normalized spacial score (nSPS) is 21.7. The molecule has 2 atom stereocenters. The van der Waals surface area contributed by atoms with Crippen molar-refractivity contribution in [3.8, 4) is 5.69 Å². The molecule has 3 heterocycles. The Morgan fingerprint density at radius 2 is 1.82 bits per heavy atom. The van der Waals surface area contributed by atoms with Crippen molar-refractivity contribution < 1.29 is 17.6 Å². The van der Waals surface area contributed by atoms with Crippen LogP contribution in [0.4, 0.5) is 4.39 Å². The van der Waals surface area contributed by atoms with E-state index in [0.29, 0.717) is 37.3 Å². The second kappa shape index (κ2) is 10.6. The molecule has 0 aliphatic heterocycles. The molecule has 0 saturated heterocycles. The van der Waals surface area contributed by atoms with E-state index in [1.54, 1.807) is 34.4 Å². The standard InChI is InChI=1S/C33H35FN6O3S/c1-21(2)40(44(42,43)29-19-36-38(3)20-29)28-10-7-25-14-31-24(18-37-39(31)27-11-8-26(34)9-12-27)15-33(25,16-28)32(41)30-13-6-23(17-35-30)22-4-5-22/h6,8-9,11-14,17-22,28H,4-5,7,10,15-16H2,1-3H3/t28-,33-/m0/s1. The monoisotopic (exact) mass is 614 g/mol. The van der Waals surface area contributed by atoms with Crippen molar-refractivity contribution in [1.82, 2.24) is 28.9 Å². The molecule has 11 heteroatoms. The van der Waals surface area contributed by atoms with Crippen molar-refractivity contribution >= 4 is 21.9 Å². The summed E-state index contributed by atoms with van der Waals surface area (Å²) in [5.41, 5.74) is 3.96. The Balaban J connectivity index is 1.31. The van der Waals surface area contributed by atoms with E-state index in [9.17, 15) is 17.6 Å². The number of nitrogens with zero attached hydrogens (tertiary/aromatic N) is 6. The van der Waals surface area contributed by atoms with Crippen molar-refractivity contribution in [3.05, 3.63) is 95.1 Å². The zero-order valence-electron chi connectivity index (χ0n) is 25.0. The highest BCUT2D eigenvalue weighted by atomic mass is 32.2. The summed E-state index contributed by atoms with van der Waals surface area (Å²) in [6.45, 7) is 3.75. The summed E-state index contributed by atoms with van der Waals surface area (Å²) in [5.74, 6) is 0.0943. The van der Waals surface area contributed by atoms with Crippen LogP contribution in [-0.2, 0) is 23.5 Å². The van der Waals surface area contributed by atoms with Gasteiger partial charge in [-0.1, -0.05) is 11.6 Å². The lowest BCUT2D eigenvalue weighted by Gasteiger charge is -2.47. The van der Waals surface area contributed by atoms with Gasteiger partial charge in [-0.25, -0.2) is 17.5 Å². The molecule has 2 fully saturated rings. The number of pyridine rings is 1. The molecule has 0 unspecified atom stereocenters. The molecular weight excluding hydrogens is 579 g/mol. The molecule has 2 saturated carbocycles. The number of ketones is 1. The van der Waals surface area contributed by atoms with E-state index in [4.69, 9.17) is 0 Å². The zero-order chi connectivity index (χ0) is 30.8. The van der Waals surface area contributed by atoms with Gasteiger partial charge in [-0.15, -0.1) is 0 Å². The van der Waals surface area contributed by atoms with Crippen molar-refractivity contribution in [1.29, 1.82) is 0 Å². The van der Waals surface area contributed by atoms with Gasteiger partial charge in [-0.2, -0.15) is 14.5 Å². The number of aryl methyl sites for hydroxylation is 1. The molecular formula is C33H35FN6O3S. The van der Waals surface area contributed by atoms with Crippen LogP contribution in [0.3, 0.4) is 0 Å². The van der Waals surface area contributed by atoms with Gasteiger partial charge in [0.1, 0.15) is 16.4 Å². The molecule has 3 aliphatic carbocycles. The van der Waals surface area contributed by atoms with Gasteiger partial charge in [-0.05, 0) is 106 Å². The fourth-order valence-corrected chi connectivity index (χ4v) is 8.92. The van der Waals surface area contributed by atoms with Gasteiger partial charge in [0, 0.05) is 31.5 Å². The topological polar surface area (TPSA) is 103 Å². The maximum Gasteiger partial charge on any atom is 0.246 e. The van der Waals surface area contributed by atoms with Gasteiger partial charge in [0.05, 0.1) is 29.2 Å². The molecule has 44 heavy (non-hydrogen) atoms. The van der Waals surface area contributed by atoms with Crippen molar-refractivity contribution in [3.63, 3.8) is 0 Å². The second-order valence-corrected chi connectivity index (χ2v) is 14.5. The summed E-state index contributed by atoms with van der Waals surface area (Å²) < 4.78 is 46.5. The van der Waals surface area contributed by atoms with Crippen molar-refractivity contribution in [2.45, 2.75) is 75.3 Å². The molecule has 0 spiro atoms. The number of sulfonamides is 1. The maximum absolute atomic E-state index is 14.7. The van der Waals surface area contributed by atoms with Crippen LogP contribution in [0, 0.1) is 11.2 Å². The smallest absolute Gasteiger partial charge is 0.246 e. The number of rotatable bonds is 8. The number of carbonyl (C=O) groups excluding carboxylic acids is 1. The molecule has 0 N–H and O–H groups in total. The lowest BCUT2D eigenvalue weighted by atomic mass is 9.60. The molecule has 0 amide bonds. The van der Waals surface area contributed by atoms with Gasteiger partial charge in [0.25, 0.3) is 0 Å². The number of fused-ring (bicyclic) bond motifs is 2. The molecule has 9 nitrogen and oxygen atoms in total. The summed E-state index contributed by atoms with van der Waals surface area (Å²) in [5, 5.41) is 8.73. The van der Waals surface area contributed by atoms with Crippen LogP contribution in [0.25, 0.3) is 11.8 Å². The molecule has 3 aromatic heterocycles. The Morgan fingerprint density at radius 1 is 1.05 bits per heavy atom. The Hall–Kier alpha value is -3.96. The van der Waals surface area contributed by atoms with Crippen LogP contribution >= 0.6 is 0 Å². The fraction of sp³-hybridized carbons (Fsp3) is 0.394. The lowest BCUT2D eigenvalue weighted by Crippen LogP contribution is -2.52. The van der Waals surface area contributed by atoms with Gasteiger partial charge in [-0.3, -0.25) is 14.5 Å². The average Bonchev–Trinajstić information content (AvgIpc) is 3.63. The highest BCUT2D eigenvalue weighted by Crippen LogP contribution is 2.52. The van der Waals surface area contributed by atoms with Crippen LogP contribution < -0.4 is 0 Å². The quantitative estimate of drug-likeness (QED) is 0.244. The van der Waals surface area contributed by atoms with Crippen molar-refractivity contribution in [2.24, 2.45) is 12.5 Å². The number of benzene rings is 1. The van der Waals surface area contributed by atoms with Gasteiger partial charge >= 0.3 is 0 Å². The highest BCUT2D eigenvalue weighted by molar-refractivity contribution is 7.89. The van der Waals surface area contributed by atoms with E-state index >= 15 is 0 Å². The highest BCUT2D eigenvalue weighted by Gasteiger charge is 2.52. The van der Waals surface area contributed by atoms with E-state index < -0.39 is 21.5 Å². The minimum atomic E-state index is -3.88. The third-order valence-corrected chi connectivity index (χ3v) is 11.4. The van der Waals surface area contributed by atoms with Gasteiger partial charge in [0.15, 0.2) is 5.78 Å². The first-order valence-electron chi connectivity index (χ1n) is 15.1. The Morgan fingerprint density at radius 3 is 2.45 bits per heavy atom. The van der Waals surface area contributed by atoms with Crippen LogP contribution in [0.5, 0.6) is 0 Å². The Bertz CT molecular complexity index is 1870. The summed E-state index contributed by atoms with van der Waals surface area (Å²) in [4.78, 5) is 19.5. The molecule has 4 aromatic rings. The molecule has 0 radical (unpaired) electrons. The fourth-order valence-electron chi connectivity index (χ4n) is 7.08. The number of halogens is 1. The lowest BCUT2D eigenvalue weighted by molar-refractivity contribution is 0.0722. The average molecular weight is 615 g/mol. The summed E-state index contributed by atoms with van der Waals surface area (Å²) >= 11 is 0. The van der Waals surface area contributed by atoms with E-state index in [-0.39, 0.29) is 22.5 Å². The molecule has 0 bridgehead atoms. The predicted octanol–water partition coefficient (Wildman–Crippen LogP) is 5.48. The first kappa shape index (κ1) is 28.8. The van der Waals surface area contributed by atoms with E-state index in [2.05, 4.69) is 15.2 Å². The molecule has 7 rings (SSSR count). The van der Waals surface area contributed by atoms with E-state index in [0.717, 1.165) is 40.9 Å². The van der Waals surface area contributed by atoms with Crippen LogP contribution in [-0.4, -0.2) is 55.1 Å². The van der Waals surface area contributed by atoms with Gasteiger partial charge < -0.3 is 0 Å².